The van der Waals surface area contributed by atoms with Crippen molar-refractivity contribution in [1.82, 2.24) is 15.3 Å². The maximum atomic E-state index is 12.1. The summed E-state index contributed by atoms with van der Waals surface area (Å²) in [5.74, 6) is 0.105. The second-order valence-corrected chi connectivity index (χ2v) is 6.63. The molecule has 0 spiro atoms. The van der Waals surface area contributed by atoms with Crippen LogP contribution in [0.15, 0.2) is 5.51 Å². The summed E-state index contributed by atoms with van der Waals surface area (Å²) in [5.41, 5.74) is 8.53. The smallest absolute Gasteiger partial charge is 0.265 e. The Labute approximate surface area is 124 Å². The number of aromatic nitrogens is 2. The van der Waals surface area contributed by atoms with E-state index >= 15 is 0 Å². The summed E-state index contributed by atoms with van der Waals surface area (Å²) in [6.07, 6.45) is 2.32. The third-order valence-electron chi connectivity index (χ3n) is 3.02. The third-order valence-corrected chi connectivity index (χ3v) is 4.96. The second-order valence-electron chi connectivity index (χ2n) is 4.70. The van der Waals surface area contributed by atoms with E-state index in [2.05, 4.69) is 20.6 Å². The number of nitrogens with zero attached hydrogens (tertiary/aromatic N) is 2. The quantitative estimate of drug-likeness (QED) is 0.785. The topological polar surface area (TPSA) is 92.9 Å². The Morgan fingerprint density at radius 1 is 1.55 bits per heavy atom. The fourth-order valence-electron chi connectivity index (χ4n) is 1.70. The number of amides is 1. The number of aryl methyl sites for hydroxylation is 1. The molecule has 0 radical (unpaired) electrons. The van der Waals surface area contributed by atoms with Gasteiger partial charge in [-0.2, -0.15) is 0 Å². The van der Waals surface area contributed by atoms with Crippen molar-refractivity contribution >= 4 is 39.5 Å². The van der Waals surface area contributed by atoms with E-state index in [9.17, 15) is 4.79 Å². The fraction of sp³-hybridized carbons (Fsp3) is 0.417. The number of hydrogen-bond acceptors (Lipinski definition) is 7. The van der Waals surface area contributed by atoms with Gasteiger partial charge in [0.15, 0.2) is 5.13 Å². The summed E-state index contributed by atoms with van der Waals surface area (Å²) >= 11 is 2.84. The van der Waals surface area contributed by atoms with Gasteiger partial charge < -0.3 is 16.4 Å². The number of nitrogen functional groups attached to an aromatic ring is 1. The highest BCUT2D eigenvalue weighted by Gasteiger charge is 2.24. The van der Waals surface area contributed by atoms with E-state index in [1.54, 1.807) is 5.51 Å². The van der Waals surface area contributed by atoms with Gasteiger partial charge in [0, 0.05) is 10.9 Å². The number of rotatable bonds is 5. The van der Waals surface area contributed by atoms with Crippen LogP contribution in [0.5, 0.6) is 0 Å². The molecule has 20 heavy (non-hydrogen) atoms. The third kappa shape index (κ3) is 2.91. The van der Waals surface area contributed by atoms with E-state index in [1.165, 1.54) is 22.7 Å². The zero-order chi connectivity index (χ0) is 14.1. The molecule has 4 N–H and O–H groups in total. The zero-order valence-corrected chi connectivity index (χ0v) is 12.6. The molecule has 1 saturated carbocycles. The summed E-state index contributed by atoms with van der Waals surface area (Å²) in [6.45, 7) is 2.40. The molecule has 2 heterocycles. The number of hydrogen-bond donors (Lipinski definition) is 3. The standard InChI is InChI=1S/C12H15N5OS2/c1-6-8(19-5-15-6)4-14-11(18)9-10(13)17-12(20-9)16-7-2-3-7/h5,7H,2-4,13H2,1H3,(H,14,18)(H,16,17). The first-order valence-electron chi connectivity index (χ1n) is 6.33. The second kappa shape index (κ2) is 5.37. The van der Waals surface area contributed by atoms with Crippen molar-refractivity contribution < 1.29 is 4.79 Å². The van der Waals surface area contributed by atoms with Gasteiger partial charge in [0.25, 0.3) is 5.91 Å². The Hall–Kier alpha value is -1.67. The highest BCUT2D eigenvalue weighted by atomic mass is 32.1. The number of nitrogens with one attached hydrogen (secondary N) is 2. The van der Waals surface area contributed by atoms with Crippen LogP contribution in [0.4, 0.5) is 10.9 Å². The maximum Gasteiger partial charge on any atom is 0.265 e. The Kier molecular flexibility index (Phi) is 3.58. The molecule has 1 fully saturated rings. The minimum atomic E-state index is -0.184. The summed E-state index contributed by atoms with van der Waals surface area (Å²) in [4.78, 5) is 22.0. The van der Waals surface area contributed by atoms with Crippen molar-refractivity contribution in [3.05, 3.63) is 21.0 Å². The average Bonchev–Trinajstić information content (AvgIpc) is 3.01. The minimum absolute atomic E-state index is 0.184. The fourth-order valence-corrected chi connectivity index (χ4v) is 3.29. The molecule has 0 unspecified atom stereocenters. The Morgan fingerprint density at radius 3 is 3.00 bits per heavy atom. The number of carbonyl (C=O) groups is 1. The van der Waals surface area contributed by atoms with Gasteiger partial charge in [-0.15, -0.1) is 11.3 Å². The first-order valence-corrected chi connectivity index (χ1v) is 8.03. The van der Waals surface area contributed by atoms with Crippen LogP contribution in [0.2, 0.25) is 0 Å². The largest absolute Gasteiger partial charge is 0.382 e. The van der Waals surface area contributed by atoms with Gasteiger partial charge >= 0.3 is 0 Å². The molecular formula is C12H15N5OS2. The van der Waals surface area contributed by atoms with Crippen molar-refractivity contribution in [3.8, 4) is 0 Å². The van der Waals surface area contributed by atoms with Crippen molar-refractivity contribution in [1.29, 1.82) is 0 Å². The molecule has 106 valence electrons. The van der Waals surface area contributed by atoms with E-state index in [4.69, 9.17) is 5.73 Å². The van der Waals surface area contributed by atoms with Crippen LogP contribution in [-0.4, -0.2) is 21.9 Å². The lowest BCUT2D eigenvalue weighted by molar-refractivity contribution is 0.0956. The van der Waals surface area contributed by atoms with E-state index < -0.39 is 0 Å². The molecule has 1 amide bonds. The predicted molar refractivity (Wildman–Crippen MR) is 81.2 cm³/mol. The molecule has 2 aromatic heterocycles. The molecule has 3 rings (SSSR count). The van der Waals surface area contributed by atoms with Crippen LogP contribution in [0.3, 0.4) is 0 Å². The highest BCUT2D eigenvalue weighted by Crippen LogP contribution is 2.30. The summed E-state index contributed by atoms with van der Waals surface area (Å²) in [6, 6.07) is 0.497. The van der Waals surface area contributed by atoms with Gasteiger partial charge in [-0.25, -0.2) is 9.97 Å². The molecule has 6 nitrogen and oxygen atoms in total. The molecule has 0 atom stereocenters. The van der Waals surface area contributed by atoms with Crippen LogP contribution in [0.25, 0.3) is 0 Å². The van der Waals surface area contributed by atoms with Gasteiger partial charge in [0.1, 0.15) is 10.7 Å². The highest BCUT2D eigenvalue weighted by molar-refractivity contribution is 7.18. The summed E-state index contributed by atoms with van der Waals surface area (Å²) in [7, 11) is 0. The molecule has 8 heteroatoms. The van der Waals surface area contributed by atoms with Crippen molar-refractivity contribution in [2.45, 2.75) is 32.4 Å². The average molecular weight is 309 g/mol. The van der Waals surface area contributed by atoms with E-state index in [-0.39, 0.29) is 11.7 Å². The molecule has 2 aromatic rings. The maximum absolute atomic E-state index is 12.1. The molecule has 0 bridgehead atoms. The van der Waals surface area contributed by atoms with E-state index in [0.29, 0.717) is 17.5 Å². The first-order chi connectivity index (χ1) is 9.63. The number of carbonyl (C=O) groups excluding carboxylic acids is 1. The van der Waals surface area contributed by atoms with Crippen LogP contribution < -0.4 is 16.4 Å². The van der Waals surface area contributed by atoms with Crippen LogP contribution in [-0.2, 0) is 6.54 Å². The van der Waals surface area contributed by atoms with Gasteiger partial charge in [-0.3, -0.25) is 4.79 Å². The van der Waals surface area contributed by atoms with Crippen LogP contribution in [0.1, 0.15) is 33.1 Å². The van der Waals surface area contributed by atoms with Crippen LogP contribution >= 0.6 is 22.7 Å². The predicted octanol–water partition coefficient (Wildman–Crippen LogP) is 1.99. The van der Waals surface area contributed by atoms with Gasteiger partial charge in [0.05, 0.1) is 17.7 Å². The molecule has 0 aliphatic heterocycles. The van der Waals surface area contributed by atoms with Crippen molar-refractivity contribution in [3.63, 3.8) is 0 Å². The number of nitrogens with two attached hydrogens (primary N) is 1. The first kappa shape index (κ1) is 13.3. The Morgan fingerprint density at radius 2 is 2.35 bits per heavy atom. The lowest BCUT2D eigenvalue weighted by Crippen LogP contribution is -2.22. The summed E-state index contributed by atoms with van der Waals surface area (Å²) in [5, 5.41) is 6.84. The molecular weight excluding hydrogens is 294 g/mol. The van der Waals surface area contributed by atoms with Crippen molar-refractivity contribution in [2.24, 2.45) is 0 Å². The zero-order valence-electron chi connectivity index (χ0n) is 11.0. The van der Waals surface area contributed by atoms with Gasteiger partial charge in [-0.1, -0.05) is 11.3 Å². The number of thiazole rings is 2. The van der Waals surface area contributed by atoms with Crippen molar-refractivity contribution in [2.75, 3.05) is 11.1 Å². The SMILES string of the molecule is Cc1ncsc1CNC(=O)c1sc(NC2CC2)nc1N. The number of anilines is 2. The summed E-state index contributed by atoms with van der Waals surface area (Å²) < 4.78 is 0. The minimum Gasteiger partial charge on any atom is -0.382 e. The monoisotopic (exact) mass is 309 g/mol. The lowest BCUT2D eigenvalue weighted by atomic mass is 10.4. The molecule has 0 aromatic carbocycles. The van der Waals surface area contributed by atoms with Crippen LogP contribution in [0, 0.1) is 6.92 Å². The lowest BCUT2D eigenvalue weighted by Gasteiger charge is -2.02. The van der Waals surface area contributed by atoms with E-state index in [0.717, 1.165) is 28.5 Å². The molecule has 1 aliphatic rings. The van der Waals surface area contributed by atoms with Gasteiger partial charge in [-0.05, 0) is 19.8 Å². The van der Waals surface area contributed by atoms with E-state index in [1.807, 2.05) is 6.92 Å². The Balaban J connectivity index is 1.64. The normalized spacial score (nSPS) is 14.2. The van der Waals surface area contributed by atoms with Gasteiger partial charge in [0.2, 0.25) is 0 Å². The molecule has 0 saturated heterocycles. The Bertz CT molecular complexity index is 632. The molecule has 1 aliphatic carbocycles.